The maximum atomic E-state index is 12.7. The van der Waals surface area contributed by atoms with Gasteiger partial charge < -0.3 is 5.73 Å². The van der Waals surface area contributed by atoms with E-state index in [1.165, 1.54) is 0 Å². The first-order valence-corrected chi connectivity index (χ1v) is 4.36. The SMILES string of the molecule is CCCN(CC)CC(F)(F)CN. The van der Waals surface area contributed by atoms with Gasteiger partial charge in [0.05, 0.1) is 13.1 Å². The van der Waals surface area contributed by atoms with Crippen molar-refractivity contribution >= 4 is 0 Å². The summed E-state index contributed by atoms with van der Waals surface area (Å²) in [7, 11) is 0. The Morgan fingerprint density at radius 2 is 1.92 bits per heavy atom. The van der Waals surface area contributed by atoms with Crippen LogP contribution in [0.2, 0.25) is 0 Å². The molecule has 0 heterocycles. The lowest BCUT2D eigenvalue weighted by atomic mass is 10.3. The van der Waals surface area contributed by atoms with Crippen molar-refractivity contribution in [3.63, 3.8) is 0 Å². The monoisotopic (exact) mass is 180 g/mol. The summed E-state index contributed by atoms with van der Waals surface area (Å²) in [5.41, 5.74) is 4.93. The molecule has 4 heteroatoms. The average molecular weight is 180 g/mol. The lowest BCUT2D eigenvalue weighted by molar-refractivity contribution is -0.0222. The topological polar surface area (TPSA) is 29.3 Å². The van der Waals surface area contributed by atoms with Gasteiger partial charge in [-0.3, -0.25) is 4.90 Å². The molecule has 0 aliphatic rings. The van der Waals surface area contributed by atoms with E-state index in [4.69, 9.17) is 5.73 Å². The van der Waals surface area contributed by atoms with Crippen molar-refractivity contribution in [2.45, 2.75) is 26.2 Å². The standard InChI is InChI=1S/C8H18F2N2/c1-3-5-12(4-2)7-8(9,10)6-11/h3-7,11H2,1-2H3. The fraction of sp³-hybridized carbons (Fsp3) is 1.00. The molecule has 2 N–H and O–H groups in total. The second-order valence-corrected chi connectivity index (χ2v) is 2.93. The molecule has 0 aromatic heterocycles. The Morgan fingerprint density at radius 3 is 2.25 bits per heavy atom. The van der Waals surface area contributed by atoms with Gasteiger partial charge in [-0.25, -0.2) is 8.78 Å². The van der Waals surface area contributed by atoms with E-state index in [1.54, 1.807) is 4.90 Å². The number of hydrogen-bond donors (Lipinski definition) is 1. The molecule has 0 saturated heterocycles. The minimum atomic E-state index is -2.73. The van der Waals surface area contributed by atoms with Crippen LogP contribution in [0.4, 0.5) is 8.78 Å². The van der Waals surface area contributed by atoms with E-state index in [2.05, 4.69) is 0 Å². The largest absolute Gasteiger partial charge is 0.325 e. The van der Waals surface area contributed by atoms with Gasteiger partial charge in [-0.05, 0) is 19.5 Å². The van der Waals surface area contributed by atoms with Crippen LogP contribution in [0.5, 0.6) is 0 Å². The molecule has 0 atom stereocenters. The third-order valence-electron chi connectivity index (χ3n) is 1.74. The molecule has 0 unspecified atom stereocenters. The Bertz CT molecular complexity index is 118. The van der Waals surface area contributed by atoms with E-state index in [0.29, 0.717) is 13.1 Å². The van der Waals surface area contributed by atoms with Crippen LogP contribution in [-0.2, 0) is 0 Å². The summed E-state index contributed by atoms with van der Waals surface area (Å²) < 4.78 is 25.5. The Morgan fingerprint density at radius 1 is 1.33 bits per heavy atom. The number of nitrogens with two attached hydrogens (primary N) is 1. The van der Waals surface area contributed by atoms with Gasteiger partial charge in [0.1, 0.15) is 0 Å². The quantitative estimate of drug-likeness (QED) is 0.667. The van der Waals surface area contributed by atoms with E-state index in [9.17, 15) is 8.78 Å². The fourth-order valence-corrected chi connectivity index (χ4v) is 1.06. The summed E-state index contributed by atoms with van der Waals surface area (Å²) in [6.45, 7) is 4.45. The van der Waals surface area contributed by atoms with E-state index >= 15 is 0 Å². The van der Waals surface area contributed by atoms with E-state index in [0.717, 1.165) is 6.42 Å². The molecule has 0 aromatic rings. The van der Waals surface area contributed by atoms with Gasteiger partial charge in [-0.1, -0.05) is 13.8 Å². The number of hydrogen-bond acceptors (Lipinski definition) is 2. The van der Waals surface area contributed by atoms with Crippen LogP contribution < -0.4 is 5.73 Å². The number of halogens is 2. The van der Waals surface area contributed by atoms with Crippen LogP contribution in [0, 0.1) is 0 Å². The molecule has 0 saturated carbocycles. The molecule has 12 heavy (non-hydrogen) atoms. The van der Waals surface area contributed by atoms with Crippen molar-refractivity contribution < 1.29 is 8.78 Å². The van der Waals surface area contributed by atoms with Gasteiger partial charge in [-0.2, -0.15) is 0 Å². The molecular weight excluding hydrogens is 162 g/mol. The smallest absolute Gasteiger partial charge is 0.272 e. The van der Waals surface area contributed by atoms with Gasteiger partial charge in [0.15, 0.2) is 0 Å². The van der Waals surface area contributed by atoms with Crippen molar-refractivity contribution in [2.24, 2.45) is 5.73 Å². The van der Waals surface area contributed by atoms with Crippen LogP contribution in [0.15, 0.2) is 0 Å². The summed E-state index contributed by atoms with van der Waals surface area (Å²) in [6.07, 6.45) is 0.897. The number of rotatable bonds is 6. The fourth-order valence-electron chi connectivity index (χ4n) is 1.06. The summed E-state index contributed by atoms with van der Waals surface area (Å²) in [5.74, 6) is -2.73. The second kappa shape index (κ2) is 5.43. The summed E-state index contributed by atoms with van der Waals surface area (Å²) in [5, 5.41) is 0. The molecule has 0 aliphatic carbocycles. The Kier molecular flexibility index (Phi) is 5.33. The van der Waals surface area contributed by atoms with Crippen molar-refractivity contribution in [1.29, 1.82) is 0 Å². The lowest BCUT2D eigenvalue weighted by Crippen LogP contribution is -2.42. The first kappa shape index (κ1) is 11.8. The normalized spacial score (nSPS) is 12.5. The molecule has 0 radical (unpaired) electrons. The average Bonchev–Trinajstić information content (AvgIpc) is 2.03. The highest BCUT2D eigenvalue weighted by atomic mass is 19.3. The van der Waals surface area contributed by atoms with Crippen molar-refractivity contribution in [1.82, 2.24) is 4.90 Å². The highest BCUT2D eigenvalue weighted by Crippen LogP contribution is 2.13. The molecule has 0 aromatic carbocycles. The molecule has 0 amide bonds. The molecule has 0 fully saturated rings. The van der Waals surface area contributed by atoms with E-state index < -0.39 is 12.5 Å². The number of alkyl halides is 2. The van der Waals surface area contributed by atoms with Crippen LogP contribution in [-0.4, -0.2) is 37.0 Å². The highest BCUT2D eigenvalue weighted by Gasteiger charge is 2.28. The highest BCUT2D eigenvalue weighted by molar-refractivity contribution is 4.72. The Hall–Kier alpha value is -0.220. The zero-order chi connectivity index (χ0) is 9.61. The van der Waals surface area contributed by atoms with Crippen molar-refractivity contribution in [3.05, 3.63) is 0 Å². The number of nitrogens with zero attached hydrogens (tertiary/aromatic N) is 1. The molecule has 0 rings (SSSR count). The zero-order valence-corrected chi connectivity index (χ0v) is 7.82. The summed E-state index contributed by atoms with van der Waals surface area (Å²) in [6, 6.07) is 0. The molecule has 0 bridgehead atoms. The van der Waals surface area contributed by atoms with E-state index in [1.807, 2.05) is 13.8 Å². The van der Waals surface area contributed by atoms with Gasteiger partial charge in [0.2, 0.25) is 0 Å². The van der Waals surface area contributed by atoms with Crippen LogP contribution >= 0.6 is 0 Å². The predicted octanol–water partition coefficient (Wildman–Crippen LogP) is 1.31. The van der Waals surface area contributed by atoms with Crippen LogP contribution in [0.1, 0.15) is 20.3 Å². The second-order valence-electron chi connectivity index (χ2n) is 2.93. The summed E-state index contributed by atoms with van der Waals surface area (Å²) in [4.78, 5) is 1.72. The lowest BCUT2D eigenvalue weighted by Gasteiger charge is -2.24. The molecular formula is C8H18F2N2. The van der Waals surface area contributed by atoms with Gasteiger partial charge in [0, 0.05) is 0 Å². The first-order valence-electron chi connectivity index (χ1n) is 4.36. The third-order valence-corrected chi connectivity index (χ3v) is 1.74. The van der Waals surface area contributed by atoms with Gasteiger partial charge >= 0.3 is 0 Å². The third kappa shape index (κ3) is 4.62. The molecule has 0 spiro atoms. The maximum absolute atomic E-state index is 12.7. The summed E-state index contributed by atoms with van der Waals surface area (Å²) >= 11 is 0. The minimum Gasteiger partial charge on any atom is -0.325 e. The predicted molar refractivity (Wildman–Crippen MR) is 46.4 cm³/mol. The Labute approximate surface area is 72.7 Å². The minimum absolute atomic E-state index is 0.214. The Balaban J connectivity index is 3.83. The van der Waals surface area contributed by atoms with Crippen LogP contribution in [0.3, 0.4) is 0 Å². The van der Waals surface area contributed by atoms with Gasteiger partial charge in [0.25, 0.3) is 5.92 Å². The van der Waals surface area contributed by atoms with Gasteiger partial charge in [-0.15, -0.1) is 0 Å². The van der Waals surface area contributed by atoms with Crippen molar-refractivity contribution in [2.75, 3.05) is 26.2 Å². The molecule has 0 aliphatic heterocycles. The zero-order valence-electron chi connectivity index (χ0n) is 7.82. The van der Waals surface area contributed by atoms with Crippen LogP contribution in [0.25, 0.3) is 0 Å². The van der Waals surface area contributed by atoms with Crippen molar-refractivity contribution in [3.8, 4) is 0 Å². The molecule has 74 valence electrons. The first-order chi connectivity index (χ1) is 5.55. The maximum Gasteiger partial charge on any atom is 0.272 e. The van der Waals surface area contributed by atoms with E-state index in [-0.39, 0.29) is 6.54 Å². The molecule has 2 nitrogen and oxygen atoms in total.